The first-order valence-electron chi connectivity index (χ1n) is 4.89. The van der Waals surface area contributed by atoms with E-state index >= 15 is 0 Å². The number of rotatable bonds is 2. The van der Waals surface area contributed by atoms with Crippen LogP contribution in [-0.2, 0) is 6.54 Å². The molecule has 15 heavy (non-hydrogen) atoms. The maximum absolute atomic E-state index is 12.9. The van der Waals surface area contributed by atoms with Crippen LogP contribution in [-0.4, -0.2) is 35.8 Å². The SMILES string of the molecule is C[N+](C)(C)Cc1[nH]nc2cc(F)ccc12. The molecule has 2 rings (SSSR count). The lowest BCUT2D eigenvalue weighted by Gasteiger charge is -2.22. The fraction of sp³-hybridized carbons (Fsp3) is 0.364. The standard InChI is InChI=1S/C11H15FN3/c1-15(2,3)7-11-9-5-4-8(12)6-10(9)13-14-11/h4-6H,7H2,1-3H3,(H,13,14)/q+1. The van der Waals surface area contributed by atoms with Gasteiger partial charge < -0.3 is 4.48 Å². The van der Waals surface area contributed by atoms with Crippen LogP contribution in [0.4, 0.5) is 4.39 Å². The summed E-state index contributed by atoms with van der Waals surface area (Å²) in [5.74, 6) is -0.245. The van der Waals surface area contributed by atoms with Gasteiger partial charge in [0.25, 0.3) is 0 Å². The fourth-order valence-electron chi connectivity index (χ4n) is 1.64. The monoisotopic (exact) mass is 208 g/mol. The Balaban J connectivity index is 2.45. The van der Waals surface area contributed by atoms with Crippen LogP contribution in [0.1, 0.15) is 5.69 Å². The molecule has 2 aromatic rings. The van der Waals surface area contributed by atoms with Gasteiger partial charge in [0.05, 0.1) is 32.4 Å². The number of aromatic nitrogens is 2. The number of fused-ring (bicyclic) bond motifs is 1. The summed E-state index contributed by atoms with van der Waals surface area (Å²) in [6.45, 7) is 0.849. The minimum atomic E-state index is -0.245. The molecule has 0 amide bonds. The van der Waals surface area contributed by atoms with Crippen LogP contribution in [0.3, 0.4) is 0 Å². The van der Waals surface area contributed by atoms with E-state index in [1.807, 2.05) is 0 Å². The van der Waals surface area contributed by atoms with Crippen LogP contribution >= 0.6 is 0 Å². The van der Waals surface area contributed by atoms with Crippen LogP contribution in [0.15, 0.2) is 18.2 Å². The van der Waals surface area contributed by atoms with Crippen molar-refractivity contribution >= 4 is 10.9 Å². The Morgan fingerprint density at radius 2 is 2.07 bits per heavy atom. The molecular formula is C11H15FN3+. The lowest BCUT2D eigenvalue weighted by molar-refractivity contribution is -0.884. The lowest BCUT2D eigenvalue weighted by atomic mass is 10.2. The van der Waals surface area contributed by atoms with Gasteiger partial charge in [0, 0.05) is 11.5 Å². The molecule has 3 nitrogen and oxygen atoms in total. The van der Waals surface area contributed by atoms with E-state index in [1.165, 1.54) is 12.1 Å². The van der Waals surface area contributed by atoms with E-state index < -0.39 is 0 Å². The number of aromatic amines is 1. The minimum Gasteiger partial charge on any atom is -0.326 e. The van der Waals surface area contributed by atoms with E-state index in [4.69, 9.17) is 0 Å². The molecule has 0 atom stereocenters. The van der Waals surface area contributed by atoms with Crippen molar-refractivity contribution in [2.75, 3.05) is 21.1 Å². The molecule has 0 fully saturated rings. The second-order valence-electron chi connectivity index (χ2n) is 4.81. The number of nitrogens with one attached hydrogen (secondary N) is 1. The van der Waals surface area contributed by atoms with Crippen molar-refractivity contribution < 1.29 is 8.87 Å². The molecule has 0 bridgehead atoms. The predicted molar refractivity (Wildman–Crippen MR) is 57.8 cm³/mol. The Morgan fingerprint density at radius 1 is 1.33 bits per heavy atom. The third-order valence-corrected chi connectivity index (χ3v) is 2.23. The van der Waals surface area contributed by atoms with Gasteiger partial charge in [-0.15, -0.1) is 0 Å². The first-order chi connectivity index (χ1) is 6.96. The van der Waals surface area contributed by atoms with Crippen LogP contribution in [0.2, 0.25) is 0 Å². The van der Waals surface area contributed by atoms with Gasteiger partial charge in [-0.1, -0.05) is 0 Å². The third-order valence-electron chi connectivity index (χ3n) is 2.23. The molecular weight excluding hydrogens is 193 g/mol. The summed E-state index contributed by atoms with van der Waals surface area (Å²) in [4.78, 5) is 0. The second-order valence-corrected chi connectivity index (χ2v) is 4.81. The summed E-state index contributed by atoms with van der Waals surface area (Å²) in [6.07, 6.45) is 0. The van der Waals surface area contributed by atoms with Crippen LogP contribution in [0, 0.1) is 5.82 Å². The highest BCUT2D eigenvalue weighted by Gasteiger charge is 2.13. The van der Waals surface area contributed by atoms with E-state index in [-0.39, 0.29) is 5.82 Å². The maximum Gasteiger partial charge on any atom is 0.125 e. The van der Waals surface area contributed by atoms with Crippen molar-refractivity contribution in [2.24, 2.45) is 0 Å². The number of hydrogen-bond acceptors (Lipinski definition) is 1. The van der Waals surface area contributed by atoms with Crippen molar-refractivity contribution in [3.63, 3.8) is 0 Å². The normalized spacial score (nSPS) is 12.3. The van der Waals surface area contributed by atoms with E-state index in [0.717, 1.165) is 22.1 Å². The third kappa shape index (κ3) is 2.15. The number of H-pyrrole nitrogens is 1. The average molecular weight is 208 g/mol. The molecule has 0 aliphatic rings. The predicted octanol–water partition coefficient (Wildman–Crippen LogP) is 1.91. The van der Waals surface area contributed by atoms with E-state index in [2.05, 4.69) is 31.3 Å². The Labute approximate surface area is 88.1 Å². The first-order valence-corrected chi connectivity index (χ1v) is 4.89. The Morgan fingerprint density at radius 3 is 2.73 bits per heavy atom. The highest BCUT2D eigenvalue weighted by atomic mass is 19.1. The number of halogens is 1. The van der Waals surface area contributed by atoms with Gasteiger partial charge >= 0.3 is 0 Å². The highest BCUT2D eigenvalue weighted by Crippen LogP contribution is 2.18. The summed E-state index contributed by atoms with van der Waals surface area (Å²) in [5, 5.41) is 8.06. The molecule has 80 valence electrons. The average Bonchev–Trinajstić information content (AvgIpc) is 2.45. The number of hydrogen-bond donors (Lipinski definition) is 1. The number of benzene rings is 1. The van der Waals surface area contributed by atoms with Crippen LogP contribution in [0.25, 0.3) is 10.9 Å². The van der Waals surface area contributed by atoms with Gasteiger partial charge in [-0.25, -0.2) is 4.39 Å². The molecule has 0 radical (unpaired) electrons. The summed E-state index contributed by atoms with van der Waals surface area (Å²) < 4.78 is 13.7. The molecule has 1 N–H and O–H groups in total. The van der Waals surface area contributed by atoms with Gasteiger partial charge in [-0.3, -0.25) is 5.10 Å². The molecule has 0 saturated carbocycles. The van der Waals surface area contributed by atoms with Gasteiger partial charge in [0.1, 0.15) is 12.4 Å². The molecule has 0 saturated heterocycles. The summed E-state index contributed by atoms with van der Waals surface area (Å²) in [7, 11) is 6.32. The van der Waals surface area contributed by atoms with E-state index in [1.54, 1.807) is 6.07 Å². The zero-order valence-corrected chi connectivity index (χ0v) is 9.21. The quantitative estimate of drug-likeness (QED) is 0.750. The van der Waals surface area contributed by atoms with Crippen molar-refractivity contribution in [2.45, 2.75) is 6.54 Å². The molecule has 1 aromatic carbocycles. The molecule has 4 heteroatoms. The largest absolute Gasteiger partial charge is 0.326 e. The van der Waals surface area contributed by atoms with E-state index in [0.29, 0.717) is 5.52 Å². The van der Waals surface area contributed by atoms with Crippen molar-refractivity contribution in [1.29, 1.82) is 0 Å². The maximum atomic E-state index is 12.9. The van der Waals surface area contributed by atoms with Crippen LogP contribution < -0.4 is 0 Å². The molecule has 0 spiro atoms. The number of quaternary nitrogens is 1. The van der Waals surface area contributed by atoms with Gasteiger partial charge in [-0.2, -0.15) is 5.10 Å². The zero-order valence-electron chi connectivity index (χ0n) is 9.21. The highest BCUT2D eigenvalue weighted by molar-refractivity contribution is 5.81. The summed E-state index contributed by atoms with van der Waals surface area (Å²) in [6, 6.07) is 4.70. The van der Waals surface area contributed by atoms with Gasteiger partial charge in [0.15, 0.2) is 0 Å². The Bertz CT molecular complexity index is 482. The topological polar surface area (TPSA) is 28.7 Å². The molecule has 1 heterocycles. The molecule has 0 unspecified atom stereocenters. The van der Waals surface area contributed by atoms with Crippen molar-refractivity contribution in [3.8, 4) is 0 Å². The summed E-state index contributed by atoms with van der Waals surface area (Å²) in [5.41, 5.74) is 1.75. The molecule has 1 aromatic heterocycles. The first kappa shape index (κ1) is 10.1. The van der Waals surface area contributed by atoms with Gasteiger partial charge in [0.2, 0.25) is 0 Å². The van der Waals surface area contributed by atoms with E-state index in [9.17, 15) is 4.39 Å². The number of nitrogens with zero attached hydrogens (tertiary/aromatic N) is 2. The lowest BCUT2D eigenvalue weighted by Crippen LogP contribution is -2.33. The fourth-order valence-corrected chi connectivity index (χ4v) is 1.64. The molecule has 0 aliphatic heterocycles. The molecule has 0 aliphatic carbocycles. The second kappa shape index (κ2) is 3.31. The smallest absolute Gasteiger partial charge is 0.125 e. The summed E-state index contributed by atoms with van der Waals surface area (Å²) >= 11 is 0. The van der Waals surface area contributed by atoms with Crippen LogP contribution in [0.5, 0.6) is 0 Å². The zero-order chi connectivity index (χ0) is 11.1. The Kier molecular flexibility index (Phi) is 2.23. The van der Waals surface area contributed by atoms with Gasteiger partial charge in [-0.05, 0) is 12.1 Å². The van der Waals surface area contributed by atoms with Crippen molar-refractivity contribution in [1.82, 2.24) is 10.2 Å². The van der Waals surface area contributed by atoms with Crippen molar-refractivity contribution in [3.05, 3.63) is 29.7 Å². The Hall–Kier alpha value is -1.42. The minimum absolute atomic E-state index is 0.245.